The van der Waals surface area contributed by atoms with Crippen LogP contribution in [0.25, 0.3) is 0 Å². The molecule has 0 aliphatic heterocycles. The van der Waals surface area contributed by atoms with Gasteiger partial charge in [0.25, 0.3) is 0 Å². The van der Waals surface area contributed by atoms with Gasteiger partial charge in [-0.2, -0.15) is 5.10 Å². The number of aryl methyl sites for hydroxylation is 2. The van der Waals surface area contributed by atoms with E-state index < -0.39 is 9.84 Å². The van der Waals surface area contributed by atoms with Gasteiger partial charge in [0.2, 0.25) is 9.84 Å². The maximum Gasteiger partial charge on any atom is 0.224 e. The minimum atomic E-state index is -3.54. The van der Waals surface area contributed by atoms with Crippen LogP contribution in [0.2, 0.25) is 0 Å². The molecule has 0 bridgehead atoms. The summed E-state index contributed by atoms with van der Waals surface area (Å²) in [6.07, 6.45) is 1.43. The van der Waals surface area contributed by atoms with Crippen molar-refractivity contribution in [2.24, 2.45) is 0 Å². The number of nitrogens with one attached hydrogen (secondary N) is 1. The molecule has 0 saturated heterocycles. The molecule has 2 aromatic rings. The molecule has 1 aromatic carbocycles. The van der Waals surface area contributed by atoms with Gasteiger partial charge >= 0.3 is 0 Å². The molecule has 17 heavy (non-hydrogen) atoms. The molecule has 1 N–H and O–H groups in total. The first-order valence-electron chi connectivity index (χ1n) is 4.94. The van der Waals surface area contributed by atoms with Crippen LogP contribution in [0.1, 0.15) is 11.1 Å². The lowest BCUT2D eigenvalue weighted by Gasteiger charge is -2.07. The molecule has 0 unspecified atom stereocenters. The Morgan fingerprint density at radius 3 is 2.59 bits per heavy atom. The zero-order chi connectivity index (χ0) is 12.6. The lowest BCUT2D eigenvalue weighted by molar-refractivity contribution is 0.590. The minimum absolute atomic E-state index is 0.0891. The smallest absolute Gasteiger partial charge is 0.224 e. The highest BCUT2D eigenvalue weighted by Gasteiger charge is 2.24. The van der Waals surface area contributed by atoms with Crippen molar-refractivity contribution in [3.8, 4) is 0 Å². The van der Waals surface area contributed by atoms with Crippen molar-refractivity contribution in [2.45, 2.75) is 23.8 Å². The van der Waals surface area contributed by atoms with Crippen molar-refractivity contribution in [3.05, 3.63) is 40.0 Å². The second-order valence-electron chi connectivity index (χ2n) is 3.82. The third-order valence-electron chi connectivity index (χ3n) is 2.46. The van der Waals surface area contributed by atoms with Crippen LogP contribution in [0, 0.1) is 13.8 Å². The van der Waals surface area contributed by atoms with Gasteiger partial charge in [0, 0.05) is 0 Å². The predicted octanol–water partition coefficient (Wildman–Crippen LogP) is 2.62. The molecule has 0 radical (unpaired) electrons. The molecule has 0 atom stereocenters. The normalized spacial score (nSPS) is 11.7. The van der Waals surface area contributed by atoms with Gasteiger partial charge < -0.3 is 0 Å². The highest BCUT2D eigenvalue weighted by molar-refractivity contribution is 9.10. The number of hydrogen-bond acceptors (Lipinski definition) is 3. The molecule has 90 valence electrons. The van der Waals surface area contributed by atoms with E-state index in [-0.39, 0.29) is 5.03 Å². The summed E-state index contributed by atoms with van der Waals surface area (Å²) in [5, 5.41) is 6.31. The Bertz CT molecular complexity index is 662. The van der Waals surface area contributed by atoms with E-state index in [2.05, 4.69) is 26.1 Å². The van der Waals surface area contributed by atoms with E-state index in [0.717, 1.165) is 11.1 Å². The first-order chi connectivity index (χ1) is 7.93. The average molecular weight is 315 g/mol. The second kappa shape index (κ2) is 4.27. The number of benzene rings is 1. The van der Waals surface area contributed by atoms with Gasteiger partial charge in [-0.1, -0.05) is 12.1 Å². The molecular weight excluding hydrogens is 304 g/mol. The van der Waals surface area contributed by atoms with Crippen LogP contribution in [0.3, 0.4) is 0 Å². The number of nitrogens with zero attached hydrogens (tertiary/aromatic N) is 1. The van der Waals surface area contributed by atoms with E-state index in [0.29, 0.717) is 9.37 Å². The molecule has 2 rings (SSSR count). The first kappa shape index (κ1) is 12.3. The Morgan fingerprint density at radius 1 is 1.29 bits per heavy atom. The Balaban J connectivity index is 2.68. The summed E-state index contributed by atoms with van der Waals surface area (Å²) >= 11 is 3.17. The standard InChI is InChI=1S/C11H11BrN2O2S/c1-7-3-4-8(2)10(5-7)17(15,16)11-9(12)6-13-14-11/h3-6H,1-2H3,(H,13,14). The molecule has 0 spiro atoms. The molecule has 0 aliphatic rings. The number of aromatic nitrogens is 2. The number of hydrogen-bond donors (Lipinski definition) is 1. The first-order valence-corrected chi connectivity index (χ1v) is 7.22. The van der Waals surface area contributed by atoms with Crippen LogP contribution in [-0.4, -0.2) is 18.6 Å². The molecule has 4 nitrogen and oxygen atoms in total. The number of H-pyrrole nitrogens is 1. The Hall–Kier alpha value is -1.14. The van der Waals surface area contributed by atoms with E-state index in [9.17, 15) is 8.42 Å². The zero-order valence-electron chi connectivity index (χ0n) is 9.36. The monoisotopic (exact) mass is 314 g/mol. The zero-order valence-corrected chi connectivity index (χ0v) is 11.8. The molecule has 1 aromatic heterocycles. The lowest BCUT2D eigenvalue weighted by Crippen LogP contribution is -2.05. The summed E-state index contributed by atoms with van der Waals surface area (Å²) in [4.78, 5) is 0.308. The van der Waals surface area contributed by atoms with Crippen LogP contribution in [0.5, 0.6) is 0 Å². The summed E-state index contributed by atoms with van der Waals surface area (Å²) in [6.45, 7) is 3.64. The molecule has 0 saturated carbocycles. The van der Waals surface area contributed by atoms with Gasteiger partial charge in [0.1, 0.15) is 0 Å². The fraction of sp³-hybridized carbons (Fsp3) is 0.182. The van der Waals surface area contributed by atoms with Crippen molar-refractivity contribution in [3.63, 3.8) is 0 Å². The van der Waals surface area contributed by atoms with Crippen molar-refractivity contribution in [2.75, 3.05) is 0 Å². The third kappa shape index (κ3) is 2.14. The van der Waals surface area contributed by atoms with Crippen LogP contribution in [0.4, 0.5) is 0 Å². The van der Waals surface area contributed by atoms with Crippen LogP contribution >= 0.6 is 15.9 Å². The second-order valence-corrected chi connectivity index (χ2v) is 6.53. The molecule has 1 heterocycles. The minimum Gasteiger partial charge on any atom is -0.266 e. The van der Waals surface area contributed by atoms with Gasteiger partial charge in [-0.05, 0) is 47.0 Å². The van der Waals surface area contributed by atoms with E-state index >= 15 is 0 Å². The van der Waals surface area contributed by atoms with Crippen LogP contribution in [0.15, 0.2) is 38.8 Å². The highest BCUT2D eigenvalue weighted by atomic mass is 79.9. The van der Waals surface area contributed by atoms with Gasteiger partial charge in [-0.15, -0.1) is 0 Å². The van der Waals surface area contributed by atoms with E-state index in [4.69, 9.17) is 0 Å². The topological polar surface area (TPSA) is 62.8 Å². The molecule has 0 amide bonds. The van der Waals surface area contributed by atoms with Gasteiger partial charge in [-0.3, -0.25) is 5.10 Å². The molecule has 6 heteroatoms. The largest absolute Gasteiger partial charge is 0.266 e. The predicted molar refractivity (Wildman–Crippen MR) is 67.7 cm³/mol. The Labute approximate surface area is 108 Å². The average Bonchev–Trinajstić information content (AvgIpc) is 2.68. The Morgan fingerprint density at radius 2 is 2.00 bits per heavy atom. The van der Waals surface area contributed by atoms with Crippen molar-refractivity contribution in [1.82, 2.24) is 10.2 Å². The van der Waals surface area contributed by atoms with E-state index in [1.54, 1.807) is 19.1 Å². The quantitative estimate of drug-likeness (QED) is 0.926. The van der Waals surface area contributed by atoms with Crippen molar-refractivity contribution < 1.29 is 8.42 Å². The van der Waals surface area contributed by atoms with Gasteiger partial charge in [0.15, 0.2) is 5.03 Å². The number of aromatic amines is 1. The molecule has 0 aliphatic carbocycles. The van der Waals surface area contributed by atoms with Crippen molar-refractivity contribution >= 4 is 25.8 Å². The number of halogens is 1. The van der Waals surface area contributed by atoms with Crippen LogP contribution < -0.4 is 0 Å². The summed E-state index contributed by atoms with van der Waals surface area (Å²) in [7, 11) is -3.54. The third-order valence-corrected chi connectivity index (χ3v) is 5.19. The summed E-state index contributed by atoms with van der Waals surface area (Å²) in [5.41, 5.74) is 1.63. The van der Waals surface area contributed by atoms with Crippen LogP contribution in [-0.2, 0) is 9.84 Å². The van der Waals surface area contributed by atoms with Crippen molar-refractivity contribution in [1.29, 1.82) is 0 Å². The van der Waals surface area contributed by atoms with E-state index in [1.165, 1.54) is 6.20 Å². The maximum absolute atomic E-state index is 12.4. The maximum atomic E-state index is 12.4. The number of rotatable bonds is 2. The molecule has 0 fully saturated rings. The van der Waals surface area contributed by atoms with E-state index in [1.807, 2.05) is 13.0 Å². The SMILES string of the molecule is Cc1ccc(C)c(S(=O)(=O)c2[nH]ncc2Br)c1. The summed E-state index contributed by atoms with van der Waals surface area (Å²) < 4.78 is 25.2. The number of sulfone groups is 1. The van der Waals surface area contributed by atoms with Gasteiger partial charge in [0.05, 0.1) is 15.6 Å². The van der Waals surface area contributed by atoms with Gasteiger partial charge in [-0.25, -0.2) is 8.42 Å². The fourth-order valence-corrected chi connectivity index (χ4v) is 3.92. The summed E-state index contributed by atoms with van der Waals surface area (Å²) in [6, 6.07) is 5.35. The lowest BCUT2D eigenvalue weighted by atomic mass is 10.2. The molecular formula is C11H11BrN2O2S. The summed E-state index contributed by atoms with van der Waals surface area (Å²) in [5.74, 6) is 0. The Kier molecular flexibility index (Phi) is 3.09. The highest BCUT2D eigenvalue weighted by Crippen LogP contribution is 2.28. The fourth-order valence-electron chi connectivity index (χ4n) is 1.55.